The van der Waals surface area contributed by atoms with Crippen LogP contribution in [0.3, 0.4) is 0 Å². The number of benzene rings is 2. The Bertz CT molecular complexity index is 732. The van der Waals surface area contributed by atoms with Crippen LogP contribution >= 0.6 is 11.6 Å². The van der Waals surface area contributed by atoms with Crippen LogP contribution in [0.4, 0.5) is 23.2 Å². The molecule has 0 saturated heterocycles. The zero-order valence-corrected chi connectivity index (χ0v) is 13.1. The molecular formula is C16H12ClF4NO2. The van der Waals surface area contributed by atoms with E-state index in [2.05, 4.69) is 5.32 Å². The predicted molar refractivity (Wildman–Crippen MR) is 81.6 cm³/mol. The molecule has 2 rings (SSSR count). The van der Waals surface area contributed by atoms with Crippen LogP contribution in [0.25, 0.3) is 0 Å². The molecule has 0 aliphatic carbocycles. The fraction of sp³-hybridized carbons (Fsp3) is 0.188. The summed E-state index contributed by atoms with van der Waals surface area (Å²) in [4.78, 5) is 12.0. The van der Waals surface area contributed by atoms with Crippen LogP contribution in [0.2, 0.25) is 5.02 Å². The number of rotatable bonds is 4. The summed E-state index contributed by atoms with van der Waals surface area (Å²) in [6.07, 6.45) is -5.76. The van der Waals surface area contributed by atoms with Crippen molar-refractivity contribution < 1.29 is 27.1 Å². The Balaban J connectivity index is 2.13. The van der Waals surface area contributed by atoms with Crippen molar-refractivity contribution >= 4 is 23.2 Å². The van der Waals surface area contributed by atoms with E-state index in [1.54, 1.807) is 0 Å². The third kappa shape index (κ3) is 4.61. The second kappa shape index (κ2) is 7.09. The largest absolute Gasteiger partial charge is 0.481 e. The van der Waals surface area contributed by atoms with E-state index in [9.17, 15) is 22.4 Å². The van der Waals surface area contributed by atoms with E-state index in [0.717, 1.165) is 24.3 Å². The van der Waals surface area contributed by atoms with E-state index < -0.39 is 35.3 Å². The zero-order valence-electron chi connectivity index (χ0n) is 12.3. The van der Waals surface area contributed by atoms with Gasteiger partial charge in [-0.25, -0.2) is 4.39 Å². The number of hydrogen-bond donors (Lipinski definition) is 1. The minimum Gasteiger partial charge on any atom is -0.481 e. The van der Waals surface area contributed by atoms with Gasteiger partial charge in [-0.1, -0.05) is 11.6 Å². The molecule has 1 N–H and O–H groups in total. The quantitative estimate of drug-likeness (QED) is 0.786. The summed E-state index contributed by atoms with van der Waals surface area (Å²) < 4.78 is 57.0. The highest BCUT2D eigenvalue weighted by atomic mass is 35.5. The molecule has 0 heterocycles. The van der Waals surface area contributed by atoms with Crippen LogP contribution in [0.5, 0.6) is 5.75 Å². The highest BCUT2D eigenvalue weighted by Crippen LogP contribution is 2.36. The Kier molecular flexibility index (Phi) is 5.33. The first-order valence-corrected chi connectivity index (χ1v) is 7.14. The molecule has 0 aliphatic rings. The van der Waals surface area contributed by atoms with Crippen LogP contribution in [0.1, 0.15) is 12.5 Å². The summed E-state index contributed by atoms with van der Waals surface area (Å²) in [5.74, 6) is -1.05. The average molecular weight is 362 g/mol. The molecule has 0 aromatic heterocycles. The molecule has 0 radical (unpaired) electrons. The number of carbonyl (C=O) groups is 1. The molecule has 1 unspecified atom stereocenters. The summed E-state index contributed by atoms with van der Waals surface area (Å²) in [5.41, 5.74) is -1.48. The number of carbonyl (C=O) groups excluding carboxylic acids is 1. The lowest BCUT2D eigenvalue weighted by molar-refractivity contribution is -0.137. The summed E-state index contributed by atoms with van der Waals surface area (Å²) >= 11 is 5.57. The number of amides is 1. The lowest BCUT2D eigenvalue weighted by Gasteiger charge is -2.17. The summed E-state index contributed by atoms with van der Waals surface area (Å²) in [7, 11) is 0. The Hall–Kier alpha value is -2.28. The molecule has 128 valence electrons. The van der Waals surface area contributed by atoms with Gasteiger partial charge in [0.05, 0.1) is 11.3 Å². The van der Waals surface area contributed by atoms with Crippen molar-refractivity contribution in [2.45, 2.75) is 19.2 Å². The third-order valence-electron chi connectivity index (χ3n) is 3.04. The Morgan fingerprint density at radius 2 is 1.79 bits per heavy atom. The molecule has 0 saturated carbocycles. The van der Waals surface area contributed by atoms with E-state index in [1.807, 2.05) is 0 Å². The Morgan fingerprint density at radius 1 is 1.17 bits per heavy atom. The number of hydrogen-bond acceptors (Lipinski definition) is 2. The van der Waals surface area contributed by atoms with Crippen LogP contribution in [-0.2, 0) is 11.0 Å². The molecule has 0 bridgehead atoms. The zero-order chi connectivity index (χ0) is 17.9. The monoisotopic (exact) mass is 361 g/mol. The van der Waals surface area contributed by atoms with Crippen molar-refractivity contribution in [1.82, 2.24) is 0 Å². The maximum atomic E-state index is 13.0. The van der Waals surface area contributed by atoms with Gasteiger partial charge >= 0.3 is 6.18 Å². The number of ether oxygens (including phenoxy) is 1. The predicted octanol–water partition coefficient (Wildman–Crippen LogP) is 4.90. The first kappa shape index (κ1) is 18.1. The first-order chi connectivity index (χ1) is 11.2. The molecule has 2 aromatic rings. The first-order valence-electron chi connectivity index (χ1n) is 6.76. The standard InChI is InChI=1S/C16H12ClF4NO2/c1-9(24-12-5-3-11(18)4-6-12)15(23)22-14-7-2-10(17)8-13(14)16(19,20)21/h2-9H,1H3,(H,22,23). The summed E-state index contributed by atoms with van der Waals surface area (Å²) in [6, 6.07) is 7.92. The molecule has 0 aliphatic heterocycles. The second-order valence-electron chi connectivity index (χ2n) is 4.89. The minimum atomic E-state index is -4.67. The van der Waals surface area contributed by atoms with Crippen LogP contribution in [0.15, 0.2) is 42.5 Å². The van der Waals surface area contributed by atoms with E-state index >= 15 is 0 Å². The van der Waals surface area contributed by atoms with E-state index in [1.165, 1.54) is 25.1 Å². The van der Waals surface area contributed by atoms with Gasteiger partial charge in [-0.2, -0.15) is 13.2 Å². The van der Waals surface area contributed by atoms with Crippen molar-refractivity contribution in [2.75, 3.05) is 5.32 Å². The molecule has 1 amide bonds. The van der Waals surface area contributed by atoms with Crippen LogP contribution in [-0.4, -0.2) is 12.0 Å². The van der Waals surface area contributed by atoms with Crippen molar-refractivity contribution in [2.24, 2.45) is 0 Å². The van der Waals surface area contributed by atoms with Gasteiger partial charge in [0, 0.05) is 5.02 Å². The van der Waals surface area contributed by atoms with Crippen molar-refractivity contribution in [3.8, 4) is 5.75 Å². The molecule has 1 atom stereocenters. The molecule has 0 spiro atoms. The third-order valence-corrected chi connectivity index (χ3v) is 3.28. The normalized spacial score (nSPS) is 12.6. The number of anilines is 1. The molecular weight excluding hydrogens is 350 g/mol. The number of halogens is 5. The highest BCUT2D eigenvalue weighted by molar-refractivity contribution is 6.30. The summed E-state index contributed by atoms with van der Waals surface area (Å²) in [6.45, 7) is 1.36. The van der Waals surface area contributed by atoms with Crippen LogP contribution < -0.4 is 10.1 Å². The van der Waals surface area contributed by atoms with Gasteiger partial charge in [0.1, 0.15) is 11.6 Å². The van der Waals surface area contributed by atoms with Crippen molar-refractivity contribution in [1.29, 1.82) is 0 Å². The smallest absolute Gasteiger partial charge is 0.418 e. The topological polar surface area (TPSA) is 38.3 Å². The maximum Gasteiger partial charge on any atom is 0.418 e. The van der Waals surface area contributed by atoms with Gasteiger partial charge in [-0.3, -0.25) is 4.79 Å². The van der Waals surface area contributed by atoms with Gasteiger partial charge in [-0.05, 0) is 49.4 Å². The minimum absolute atomic E-state index is 0.101. The second-order valence-corrected chi connectivity index (χ2v) is 5.33. The maximum absolute atomic E-state index is 13.0. The van der Waals surface area contributed by atoms with E-state index in [4.69, 9.17) is 16.3 Å². The molecule has 3 nitrogen and oxygen atoms in total. The SMILES string of the molecule is CC(Oc1ccc(F)cc1)C(=O)Nc1ccc(Cl)cc1C(F)(F)F. The fourth-order valence-corrected chi connectivity index (χ4v) is 2.04. The van der Waals surface area contributed by atoms with Crippen molar-refractivity contribution in [3.63, 3.8) is 0 Å². The molecule has 0 fully saturated rings. The molecule has 2 aromatic carbocycles. The highest BCUT2D eigenvalue weighted by Gasteiger charge is 2.34. The lowest BCUT2D eigenvalue weighted by Crippen LogP contribution is -2.31. The number of nitrogens with one attached hydrogen (secondary N) is 1. The molecule has 24 heavy (non-hydrogen) atoms. The lowest BCUT2D eigenvalue weighted by atomic mass is 10.1. The van der Waals surface area contributed by atoms with E-state index in [-0.39, 0.29) is 10.8 Å². The average Bonchev–Trinajstić information content (AvgIpc) is 2.50. The Morgan fingerprint density at radius 3 is 2.38 bits per heavy atom. The van der Waals surface area contributed by atoms with Crippen LogP contribution in [0, 0.1) is 5.82 Å². The van der Waals surface area contributed by atoms with Gasteiger partial charge < -0.3 is 10.1 Å². The van der Waals surface area contributed by atoms with Crippen molar-refractivity contribution in [3.05, 3.63) is 58.9 Å². The van der Waals surface area contributed by atoms with Gasteiger partial charge in [0.15, 0.2) is 6.10 Å². The fourth-order valence-electron chi connectivity index (χ4n) is 1.87. The Labute approximate surface area is 140 Å². The summed E-state index contributed by atoms with van der Waals surface area (Å²) in [5, 5.41) is 2.06. The van der Waals surface area contributed by atoms with E-state index in [0.29, 0.717) is 0 Å². The molecule has 8 heteroatoms. The van der Waals surface area contributed by atoms with Gasteiger partial charge in [0.2, 0.25) is 0 Å². The van der Waals surface area contributed by atoms with Gasteiger partial charge in [-0.15, -0.1) is 0 Å². The number of alkyl halides is 3. The van der Waals surface area contributed by atoms with Gasteiger partial charge in [0.25, 0.3) is 5.91 Å².